The Morgan fingerprint density at radius 2 is 2.13 bits per heavy atom. The number of rotatable bonds is 3. The highest BCUT2D eigenvalue weighted by atomic mass is 19.1. The molecular weight excluding hydrogens is 299 g/mol. The number of halogens is 1. The van der Waals surface area contributed by atoms with Crippen molar-refractivity contribution >= 4 is 23.1 Å². The number of nitrogens with one attached hydrogen (secondary N) is 1. The van der Waals surface area contributed by atoms with Gasteiger partial charge in [0.25, 0.3) is 5.91 Å². The highest BCUT2D eigenvalue weighted by Crippen LogP contribution is 2.21. The van der Waals surface area contributed by atoms with Crippen LogP contribution in [0.2, 0.25) is 0 Å². The predicted octanol–water partition coefficient (Wildman–Crippen LogP) is 2.22. The number of pyridine rings is 1. The molecule has 0 aliphatic heterocycles. The van der Waals surface area contributed by atoms with Crippen LogP contribution in [0.15, 0.2) is 24.3 Å². The lowest BCUT2D eigenvalue weighted by atomic mass is 9.92. The van der Waals surface area contributed by atoms with Gasteiger partial charge in [-0.1, -0.05) is 25.0 Å². The number of carbonyl (C=O) groups excluding carboxylic acids is 2. The van der Waals surface area contributed by atoms with Gasteiger partial charge in [0, 0.05) is 10.9 Å². The zero-order valence-electron chi connectivity index (χ0n) is 12.5. The molecule has 1 fully saturated rings. The fraction of sp³-hybridized carbons (Fsp3) is 0.353. The lowest BCUT2D eigenvalue weighted by Gasteiger charge is -2.28. The molecule has 0 saturated heterocycles. The average molecular weight is 316 g/mol. The molecule has 2 atom stereocenters. The maximum absolute atomic E-state index is 13.9. The zero-order chi connectivity index (χ0) is 16.4. The molecule has 2 N–H and O–H groups in total. The van der Waals surface area contributed by atoms with Crippen LogP contribution >= 0.6 is 0 Å². The number of carbonyl (C=O) groups is 2. The second-order valence-electron chi connectivity index (χ2n) is 5.78. The molecule has 1 amide bonds. The number of fused-ring (bicyclic) bond motifs is 1. The lowest BCUT2D eigenvalue weighted by Crippen LogP contribution is -2.45. The molecule has 1 heterocycles. The van der Waals surface area contributed by atoms with Gasteiger partial charge in [-0.15, -0.1) is 0 Å². The third-order valence-corrected chi connectivity index (χ3v) is 4.23. The third-order valence-electron chi connectivity index (χ3n) is 4.23. The van der Waals surface area contributed by atoms with Crippen LogP contribution in [0.1, 0.15) is 46.5 Å². The molecule has 1 aromatic heterocycles. The standard InChI is InChI=1S/C17H17FN2O3/c18-12-5-3-4-11-10(9-21)8-14(19-16(11)12)17(23)20-13-6-1-2-7-15(13)22/h3-5,8-9,13,15,22H,1-2,6-7H2,(H,20,23). The Morgan fingerprint density at radius 1 is 1.35 bits per heavy atom. The van der Waals surface area contributed by atoms with Crippen molar-refractivity contribution in [3.63, 3.8) is 0 Å². The first-order valence-electron chi connectivity index (χ1n) is 7.63. The Bertz CT molecular complexity index is 763. The number of aliphatic hydroxyl groups is 1. The highest BCUT2D eigenvalue weighted by Gasteiger charge is 2.25. The number of hydrogen-bond acceptors (Lipinski definition) is 4. The second kappa shape index (κ2) is 6.42. The minimum atomic E-state index is -0.588. The minimum Gasteiger partial charge on any atom is -0.391 e. The quantitative estimate of drug-likeness (QED) is 0.851. The van der Waals surface area contributed by atoms with Crippen LogP contribution in [0.3, 0.4) is 0 Å². The largest absolute Gasteiger partial charge is 0.391 e. The molecule has 1 aromatic carbocycles. The molecule has 2 unspecified atom stereocenters. The number of aromatic nitrogens is 1. The molecule has 120 valence electrons. The molecule has 1 aliphatic rings. The molecule has 0 bridgehead atoms. The van der Waals surface area contributed by atoms with E-state index in [2.05, 4.69) is 10.3 Å². The van der Waals surface area contributed by atoms with Crippen molar-refractivity contribution in [2.45, 2.75) is 37.8 Å². The van der Waals surface area contributed by atoms with Crippen LogP contribution in [0.4, 0.5) is 4.39 Å². The van der Waals surface area contributed by atoms with Crippen molar-refractivity contribution < 1.29 is 19.1 Å². The summed E-state index contributed by atoms with van der Waals surface area (Å²) in [4.78, 5) is 27.6. The lowest BCUT2D eigenvalue weighted by molar-refractivity contribution is 0.0714. The first-order valence-corrected chi connectivity index (χ1v) is 7.63. The molecule has 0 radical (unpaired) electrons. The van der Waals surface area contributed by atoms with Gasteiger partial charge in [-0.3, -0.25) is 9.59 Å². The maximum atomic E-state index is 13.9. The molecule has 6 heteroatoms. The van der Waals surface area contributed by atoms with E-state index in [0.717, 1.165) is 12.8 Å². The summed E-state index contributed by atoms with van der Waals surface area (Å²) in [6, 6.07) is 5.32. The molecular formula is C17H17FN2O3. The van der Waals surface area contributed by atoms with Gasteiger partial charge in [0.2, 0.25) is 0 Å². The van der Waals surface area contributed by atoms with Gasteiger partial charge < -0.3 is 10.4 Å². The van der Waals surface area contributed by atoms with Gasteiger partial charge in [0.1, 0.15) is 17.0 Å². The van der Waals surface area contributed by atoms with Crippen molar-refractivity contribution in [3.05, 3.63) is 41.3 Å². The Balaban J connectivity index is 1.94. The van der Waals surface area contributed by atoms with Crippen LogP contribution in [0, 0.1) is 5.82 Å². The minimum absolute atomic E-state index is 0.00792. The fourth-order valence-corrected chi connectivity index (χ4v) is 2.98. The fourth-order valence-electron chi connectivity index (χ4n) is 2.98. The van der Waals surface area contributed by atoms with E-state index in [4.69, 9.17) is 0 Å². The summed E-state index contributed by atoms with van der Waals surface area (Å²) in [6.07, 6.45) is 3.19. The van der Waals surface area contributed by atoms with Crippen LogP contribution in [0.25, 0.3) is 10.9 Å². The van der Waals surface area contributed by atoms with Crippen LogP contribution in [-0.2, 0) is 0 Å². The first kappa shape index (κ1) is 15.6. The Kier molecular flexibility index (Phi) is 4.34. The number of nitrogens with zero attached hydrogens (tertiary/aromatic N) is 1. The number of hydrogen-bond donors (Lipinski definition) is 2. The van der Waals surface area contributed by atoms with Crippen LogP contribution in [0.5, 0.6) is 0 Å². The van der Waals surface area contributed by atoms with Crippen molar-refractivity contribution in [1.82, 2.24) is 10.3 Å². The van der Waals surface area contributed by atoms with Gasteiger partial charge in [0.05, 0.1) is 12.1 Å². The van der Waals surface area contributed by atoms with Gasteiger partial charge in [-0.2, -0.15) is 0 Å². The number of amides is 1. The summed E-state index contributed by atoms with van der Waals surface area (Å²) in [7, 11) is 0. The summed E-state index contributed by atoms with van der Waals surface area (Å²) < 4.78 is 13.9. The summed E-state index contributed by atoms with van der Waals surface area (Å²) >= 11 is 0. The monoisotopic (exact) mass is 316 g/mol. The Hall–Kier alpha value is -2.34. The summed E-state index contributed by atoms with van der Waals surface area (Å²) in [5.74, 6) is -1.10. The van der Waals surface area contributed by atoms with E-state index in [1.54, 1.807) is 6.07 Å². The molecule has 1 aliphatic carbocycles. The molecule has 1 saturated carbocycles. The Labute approximate surface area is 132 Å². The van der Waals surface area contributed by atoms with Crippen LogP contribution < -0.4 is 5.32 Å². The highest BCUT2D eigenvalue weighted by molar-refractivity contribution is 6.02. The number of aldehydes is 1. The summed E-state index contributed by atoms with van der Waals surface area (Å²) in [5, 5.41) is 13.0. The topological polar surface area (TPSA) is 79.3 Å². The normalized spacial score (nSPS) is 21.1. The van der Waals surface area contributed by atoms with Crippen molar-refractivity contribution in [2.24, 2.45) is 0 Å². The summed E-state index contributed by atoms with van der Waals surface area (Å²) in [5.41, 5.74) is 0.178. The molecule has 2 aromatic rings. The predicted molar refractivity (Wildman–Crippen MR) is 82.8 cm³/mol. The van der Waals surface area contributed by atoms with E-state index in [0.29, 0.717) is 24.5 Å². The SMILES string of the molecule is O=Cc1cc(C(=O)NC2CCCCC2O)nc2c(F)cccc12. The van der Waals surface area contributed by atoms with E-state index in [9.17, 15) is 19.1 Å². The number of aliphatic hydroxyl groups excluding tert-OH is 1. The maximum Gasteiger partial charge on any atom is 0.270 e. The molecule has 5 nitrogen and oxygen atoms in total. The number of benzene rings is 1. The average Bonchev–Trinajstić information content (AvgIpc) is 2.56. The van der Waals surface area contributed by atoms with E-state index >= 15 is 0 Å². The van der Waals surface area contributed by atoms with Crippen molar-refractivity contribution in [2.75, 3.05) is 0 Å². The van der Waals surface area contributed by atoms with Gasteiger partial charge in [-0.05, 0) is 25.0 Å². The molecule has 23 heavy (non-hydrogen) atoms. The molecule has 3 rings (SSSR count). The van der Waals surface area contributed by atoms with Crippen molar-refractivity contribution in [3.8, 4) is 0 Å². The smallest absolute Gasteiger partial charge is 0.270 e. The van der Waals surface area contributed by atoms with E-state index in [-0.39, 0.29) is 22.8 Å². The number of para-hydroxylation sites is 1. The second-order valence-corrected chi connectivity index (χ2v) is 5.78. The summed E-state index contributed by atoms with van der Waals surface area (Å²) in [6.45, 7) is 0. The van der Waals surface area contributed by atoms with Gasteiger partial charge >= 0.3 is 0 Å². The molecule has 0 spiro atoms. The van der Waals surface area contributed by atoms with Crippen LogP contribution in [-0.4, -0.2) is 34.4 Å². The Morgan fingerprint density at radius 3 is 2.87 bits per heavy atom. The first-order chi connectivity index (χ1) is 11.1. The van der Waals surface area contributed by atoms with E-state index < -0.39 is 17.8 Å². The van der Waals surface area contributed by atoms with Gasteiger partial charge in [0.15, 0.2) is 6.29 Å². The van der Waals surface area contributed by atoms with E-state index in [1.165, 1.54) is 18.2 Å². The van der Waals surface area contributed by atoms with Gasteiger partial charge in [-0.25, -0.2) is 9.37 Å². The van der Waals surface area contributed by atoms with Crippen molar-refractivity contribution in [1.29, 1.82) is 0 Å². The van der Waals surface area contributed by atoms with E-state index in [1.807, 2.05) is 0 Å². The zero-order valence-corrected chi connectivity index (χ0v) is 12.5. The third kappa shape index (κ3) is 3.07.